The van der Waals surface area contributed by atoms with Crippen molar-refractivity contribution in [2.75, 3.05) is 38.2 Å². The van der Waals surface area contributed by atoms with Crippen LogP contribution < -0.4 is 10.5 Å². The van der Waals surface area contributed by atoms with E-state index in [1.165, 1.54) is 19.2 Å². The van der Waals surface area contributed by atoms with Crippen LogP contribution in [0.1, 0.15) is 23.1 Å². The van der Waals surface area contributed by atoms with Crippen LogP contribution in [0.4, 0.5) is 10.1 Å². The van der Waals surface area contributed by atoms with Crippen molar-refractivity contribution in [2.45, 2.75) is 26.3 Å². The fourth-order valence-electron chi connectivity index (χ4n) is 4.32. The second-order valence-electron chi connectivity index (χ2n) is 8.28. The van der Waals surface area contributed by atoms with Crippen LogP contribution in [0, 0.1) is 12.7 Å². The van der Waals surface area contributed by atoms with Gasteiger partial charge in [0.1, 0.15) is 17.1 Å². The third kappa shape index (κ3) is 4.85. The number of phenolic OH excluding ortho intramolecular Hbond substituents is 1. The van der Waals surface area contributed by atoms with Gasteiger partial charge < -0.3 is 19.2 Å². The van der Waals surface area contributed by atoms with Crippen molar-refractivity contribution in [1.82, 2.24) is 4.90 Å². The number of nitrogens with zero attached hydrogens (tertiary/aromatic N) is 2. The van der Waals surface area contributed by atoms with Crippen molar-refractivity contribution < 1.29 is 23.4 Å². The van der Waals surface area contributed by atoms with Crippen molar-refractivity contribution >= 4 is 22.6 Å². The van der Waals surface area contributed by atoms with Crippen molar-refractivity contribution in [3.8, 4) is 5.75 Å². The van der Waals surface area contributed by atoms with Crippen molar-refractivity contribution in [3.05, 3.63) is 69.3 Å². The van der Waals surface area contributed by atoms with E-state index in [2.05, 4.69) is 4.90 Å². The molecular weight excluding hydrogens is 427 g/mol. The number of esters is 1. The zero-order valence-corrected chi connectivity index (χ0v) is 18.8. The summed E-state index contributed by atoms with van der Waals surface area (Å²) in [6.07, 6.45) is 0.438. The Bertz CT molecular complexity index is 1230. The molecule has 33 heavy (non-hydrogen) atoms. The molecule has 1 fully saturated rings. The maximum Gasteiger partial charge on any atom is 0.336 e. The topological polar surface area (TPSA) is 83.2 Å². The molecule has 0 saturated carbocycles. The number of piperazine rings is 1. The van der Waals surface area contributed by atoms with Crippen LogP contribution in [0.25, 0.3) is 11.0 Å². The number of hydrogen-bond donors (Lipinski definition) is 1. The summed E-state index contributed by atoms with van der Waals surface area (Å²) in [6, 6.07) is 9.90. The lowest BCUT2D eigenvalue weighted by molar-refractivity contribution is -0.140. The van der Waals surface area contributed by atoms with Crippen LogP contribution in [0.2, 0.25) is 0 Å². The summed E-state index contributed by atoms with van der Waals surface area (Å²) in [5.41, 5.74) is 2.32. The summed E-state index contributed by atoms with van der Waals surface area (Å²) >= 11 is 0. The SMILES string of the molecule is COC(=O)CCc1cc2c(C)cc(=O)oc2c(CN2CCN(c3ccccc3F)CC2)c1O. The van der Waals surface area contributed by atoms with Gasteiger partial charge in [-0.1, -0.05) is 12.1 Å². The van der Waals surface area contributed by atoms with Gasteiger partial charge in [0.2, 0.25) is 0 Å². The van der Waals surface area contributed by atoms with Crippen LogP contribution in [0.5, 0.6) is 5.75 Å². The molecule has 0 atom stereocenters. The molecule has 0 bridgehead atoms. The van der Waals surface area contributed by atoms with E-state index in [0.717, 1.165) is 10.9 Å². The van der Waals surface area contributed by atoms with Gasteiger partial charge in [-0.3, -0.25) is 9.69 Å². The Morgan fingerprint density at radius 1 is 1.18 bits per heavy atom. The lowest BCUT2D eigenvalue weighted by Gasteiger charge is -2.36. The number of rotatable bonds is 6. The third-order valence-electron chi connectivity index (χ3n) is 6.16. The summed E-state index contributed by atoms with van der Waals surface area (Å²) in [7, 11) is 1.33. The van der Waals surface area contributed by atoms with Gasteiger partial charge in [0.15, 0.2) is 0 Å². The molecule has 1 saturated heterocycles. The number of carbonyl (C=O) groups is 1. The van der Waals surface area contributed by atoms with Crippen LogP contribution in [0.15, 0.2) is 45.6 Å². The molecule has 2 heterocycles. The number of ether oxygens (including phenoxy) is 1. The number of phenols is 1. The number of methoxy groups -OCH3 is 1. The quantitative estimate of drug-likeness (QED) is 0.452. The lowest BCUT2D eigenvalue weighted by Crippen LogP contribution is -2.46. The summed E-state index contributed by atoms with van der Waals surface area (Å²) < 4.78 is 24.4. The van der Waals surface area contributed by atoms with Gasteiger partial charge in [-0.05, 0) is 42.7 Å². The van der Waals surface area contributed by atoms with Gasteiger partial charge in [-0.25, -0.2) is 9.18 Å². The van der Waals surface area contributed by atoms with E-state index in [1.54, 1.807) is 18.2 Å². The zero-order chi connectivity index (χ0) is 23.5. The van der Waals surface area contributed by atoms with Gasteiger partial charge in [0.25, 0.3) is 0 Å². The first kappa shape index (κ1) is 22.8. The normalized spacial score (nSPS) is 14.6. The highest BCUT2D eigenvalue weighted by Crippen LogP contribution is 2.34. The molecule has 2 aromatic carbocycles. The average Bonchev–Trinajstić information content (AvgIpc) is 2.81. The number of halogens is 1. The number of fused-ring (bicyclic) bond motifs is 1. The van der Waals surface area contributed by atoms with E-state index in [1.807, 2.05) is 17.9 Å². The fraction of sp³-hybridized carbons (Fsp3) is 0.360. The standard InChI is InChI=1S/C25H27FN2O5/c1-16-13-23(30)33-25-18(16)14-17(7-8-22(29)32-2)24(31)19(25)15-27-9-11-28(12-10-27)21-6-4-3-5-20(21)26/h3-6,13-14,31H,7-12,15H2,1-2H3. The molecule has 174 valence electrons. The van der Waals surface area contributed by atoms with E-state index in [9.17, 15) is 19.1 Å². The van der Waals surface area contributed by atoms with Crippen LogP contribution in [0.3, 0.4) is 0 Å². The monoisotopic (exact) mass is 454 g/mol. The molecule has 1 aromatic heterocycles. The highest BCUT2D eigenvalue weighted by Gasteiger charge is 2.23. The van der Waals surface area contributed by atoms with Gasteiger partial charge in [0, 0.05) is 50.6 Å². The molecule has 0 radical (unpaired) electrons. The lowest BCUT2D eigenvalue weighted by atomic mass is 9.98. The number of aryl methyl sites for hydroxylation is 2. The number of hydrogen-bond acceptors (Lipinski definition) is 7. The molecule has 1 N–H and O–H groups in total. The highest BCUT2D eigenvalue weighted by atomic mass is 19.1. The molecule has 7 nitrogen and oxygen atoms in total. The third-order valence-corrected chi connectivity index (χ3v) is 6.16. The smallest absolute Gasteiger partial charge is 0.336 e. The van der Waals surface area contributed by atoms with Gasteiger partial charge in [0.05, 0.1) is 18.4 Å². The van der Waals surface area contributed by atoms with E-state index in [-0.39, 0.29) is 24.0 Å². The van der Waals surface area contributed by atoms with Crippen molar-refractivity contribution in [1.29, 1.82) is 0 Å². The van der Waals surface area contributed by atoms with Crippen LogP contribution >= 0.6 is 0 Å². The predicted molar refractivity (Wildman–Crippen MR) is 123 cm³/mol. The van der Waals surface area contributed by atoms with Crippen molar-refractivity contribution in [3.63, 3.8) is 0 Å². The Morgan fingerprint density at radius 2 is 1.91 bits per heavy atom. The number of aromatic hydroxyl groups is 1. The fourth-order valence-corrected chi connectivity index (χ4v) is 4.32. The van der Waals surface area contributed by atoms with Crippen molar-refractivity contribution in [2.24, 2.45) is 0 Å². The number of anilines is 1. The van der Waals surface area contributed by atoms with E-state index < -0.39 is 5.63 Å². The second kappa shape index (κ2) is 9.62. The first-order chi connectivity index (χ1) is 15.9. The maximum atomic E-state index is 14.2. The molecule has 0 unspecified atom stereocenters. The van der Waals surface area contributed by atoms with E-state index >= 15 is 0 Å². The number of para-hydroxylation sites is 1. The zero-order valence-electron chi connectivity index (χ0n) is 18.8. The Hall–Kier alpha value is -3.39. The molecule has 3 aromatic rings. The molecule has 1 aliphatic rings. The summed E-state index contributed by atoms with van der Waals surface area (Å²) in [5, 5.41) is 11.8. The average molecular weight is 454 g/mol. The molecule has 0 aliphatic carbocycles. The van der Waals surface area contributed by atoms with Crippen LogP contribution in [-0.4, -0.2) is 49.3 Å². The molecule has 8 heteroatoms. The van der Waals surface area contributed by atoms with Crippen LogP contribution in [-0.2, 0) is 22.5 Å². The Balaban J connectivity index is 1.61. The van der Waals surface area contributed by atoms with E-state index in [0.29, 0.717) is 61.5 Å². The minimum atomic E-state index is -0.479. The van der Waals surface area contributed by atoms with Gasteiger partial charge >= 0.3 is 11.6 Å². The highest BCUT2D eigenvalue weighted by molar-refractivity contribution is 5.86. The summed E-state index contributed by atoms with van der Waals surface area (Å²) in [6.45, 7) is 4.74. The van der Waals surface area contributed by atoms with E-state index in [4.69, 9.17) is 9.15 Å². The first-order valence-electron chi connectivity index (χ1n) is 10.9. The molecule has 1 aliphatic heterocycles. The predicted octanol–water partition coefficient (Wildman–Crippen LogP) is 3.37. The summed E-state index contributed by atoms with van der Waals surface area (Å²) in [4.78, 5) is 27.8. The van der Waals surface area contributed by atoms with Gasteiger partial charge in [-0.2, -0.15) is 0 Å². The molecule has 4 rings (SSSR count). The number of carbonyl (C=O) groups excluding carboxylic acids is 1. The summed E-state index contributed by atoms with van der Waals surface area (Å²) in [5.74, 6) is -0.585. The molecule has 0 amide bonds. The number of benzene rings is 2. The van der Waals surface area contributed by atoms with Gasteiger partial charge in [-0.15, -0.1) is 0 Å². The Morgan fingerprint density at radius 3 is 2.61 bits per heavy atom. The minimum absolute atomic E-state index is 0.0247. The molecule has 0 spiro atoms. The minimum Gasteiger partial charge on any atom is -0.507 e. The maximum absolute atomic E-state index is 14.2. The Kier molecular flexibility index (Phi) is 6.65. The second-order valence-corrected chi connectivity index (χ2v) is 8.28. The Labute approximate surface area is 191 Å². The largest absolute Gasteiger partial charge is 0.507 e. The first-order valence-corrected chi connectivity index (χ1v) is 10.9. The molecular formula is C25H27FN2O5.